The van der Waals surface area contributed by atoms with E-state index < -0.39 is 12.0 Å². The van der Waals surface area contributed by atoms with Crippen molar-refractivity contribution >= 4 is 11.9 Å². The zero-order valence-electron chi connectivity index (χ0n) is 10.9. The van der Waals surface area contributed by atoms with Gasteiger partial charge in [0.15, 0.2) is 0 Å². The Bertz CT molecular complexity index is 332. The van der Waals surface area contributed by atoms with Crippen molar-refractivity contribution in [2.45, 2.75) is 56.6 Å². The van der Waals surface area contributed by atoms with Gasteiger partial charge in [0.2, 0.25) is 5.91 Å². The van der Waals surface area contributed by atoms with Crippen LogP contribution >= 0.6 is 0 Å². The highest BCUT2D eigenvalue weighted by molar-refractivity contribution is 5.84. The SMILES string of the molecule is COC1(CC(=O)N2CCCC[C@H]2C(=O)O)CCC1. The first-order chi connectivity index (χ1) is 8.58. The van der Waals surface area contributed by atoms with Gasteiger partial charge >= 0.3 is 5.97 Å². The second-order valence-corrected chi connectivity index (χ2v) is 5.35. The zero-order chi connectivity index (χ0) is 13.2. The summed E-state index contributed by atoms with van der Waals surface area (Å²) in [5.74, 6) is -0.952. The average Bonchev–Trinajstić information content (AvgIpc) is 2.33. The monoisotopic (exact) mass is 255 g/mol. The maximum absolute atomic E-state index is 12.3. The topological polar surface area (TPSA) is 66.8 Å². The van der Waals surface area contributed by atoms with Crippen LogP contribution in [-0.4, -0.2) is 47.2 Å². The Hall–Kier alpha value is -1.10. The molecule has 0 bridgehead atoms. The lowest BCUT2D eigenvalue weighted by Crippen LogP contribution is -2.51. The number of carboxylic acid groups (broad SMARTS) is 1. The summed E-state index contributed by atoms with van der Waals surface area (Å²) in [6.07, 6.45) is 5.57. The van der Waals surface area contributed by atoms with Crippen molar-refractivity contribution in [3.8, 4) is 0 Å². The molecule has 1 aliphatic heterocycles. The van der Waals surface area contributed by atoms with Crippen LogP contribution in [0.25, 0.3) is 0 Å². The van der Waals surface area contributed by atoms with E-state index in [0.29, 0.717) is 19.4 Å². The van der Waals surface area contributed by atoms with Crippen LogP contribution in [0.3, 0.4) is 0 Å². The molecule has 1 aliphatic carbocycles. The third-order valence-corrected chi connectivity index (χ3v) is 4.28. The van der Waals surface area contributed by atoms with E-state index in [-0.39, 0.29) is 11.5 Å². The Labute approximate surface area is 107 Å². The van der Waals surface area contributed by atoms with E-state index in [0.717, 1.165) is 32.1 Å². The number of likely N-dealkylation sites (tertiary alicyclic amines) is 1. The van der Waals surface area contributed by atoms with Crippen molar-refractivity contribution in [3.63, 3.8) is 0 Å². The standard InChI is InChI=1S/C13H21NO4/c1-18-13(6-4-7-13)9-11(15)14-8-3-2-5-10(14)12(16)17/h10H,2-9H2,1H3,(H,16,17)/t10-/m0/s1. The lowest BCUT2D eigenvalue weighted by atomic mass is 9.77. The number of rotatable bonds is 4. The minimum Gasteiger partial charge on any atom is -0.480 e. The number of ether oxygens (including phenoxy) is 1. The largest absolute Gasteiger partial charge is 0.480 e. The maximum Gasteiger partial charge on any atom is 0.326 e. The molecular weight excluding hydrogens is 234 g/mol. The first kappa shape index (κ1) is 13.3. The molecule has 1 amide bonds. The van der Waals surface area contributed by atoms with E-state index >= 15 is 0 Å². The number of carboxylic acids is 1. The number of carbonyl (C=O) groups excluding carboxylic acids is 1. The van der Waals surface area contributed by atoms with Gasteiger partial charge in [-0.15, -0.1) is 0 Å². The summed E-state index contributed by atoms with van der Waals surface area (Å²) in [6.45, 7) is 0.565. The highest BCUT2D eigenvalue weighted by atomic mass is 16.5. The molecule has 2 fully saturated rings. The molecule has 18 heavy (non-hydrogen) atoms. The number of nitrogens with zero attached hydrogens (tertiary/aromatic N) is 1. The van der Waals surface area contributed by atoms with E-state index in [9.17, 15) is 9.59 Å². The molecule has 1 heterocycles. The molecule has 0 aromatic heterocycles. The number of methoxy groups -OCH3 is 1. The predicted octanol–water partition coefficient (Wildman–Crippen LogP) is 1.41. The molecule has 1 saturated carbocycles. The lowest BCUT2D eigenvalue weighted by Gasteiger charge is -2.42. The fraction of sp³-hybridized carbons (Fsp3) is 0.846. The number of hydrogen-bond acceptors (Lipinski definition) is 3. The number of amides is 1. The zero-order valence-corrected chi connectivity index (χ0v) is 10.9. The van der Waals surface area contributed by atoms with Gasteiger partial charge in [0, 0.05) is 13.7 Å². The van der Waals surface area contributed by atoms with Crippen LogP contribution in [0.5, 0.6) is 0 Å². The summed E-state index contributed by atoms with van der Waals surface area (Å²) in [6, 6.07) is -0.639. The molecule has 2 rings (SSSR count). The first-order valence-electron chi connectivity index (χ1n) is 6.65. The summed E-state index contributed by atoms with van der Waals surface area (Å²) in [5.41, 5.74) is -0.322. The third-order valence-electron chi connectivity index (χ3n) is 4.28. The molecule has 0 aromatic rings. The predicted molar refractivity (Wildman–Crippen MR) is 65.2 cm³/mol. The summed E-state index contributed by atoms with van der Waals surface area (Å²) in [7, 11) is 1.64. The molecule has 5 nitrogen and oxygen atoms in total. The Morgan fingerprint density at radius 1 is 1.33 bits per heavy atom. The van der Waals surface area contributed by atoms with Crippen LogP contribution in [0, 0.1) is 0 Å². The molecule has 102 valence electrons. The molecule has 0 spiro atoms. The number of hydrogen-bond donors (Lipinski definition) is 1. The highest BCUT2D eigenvalue weighted by Crippen LogP contribution is 2.38. The summed E-state index contributed by atoms with van der Waals surface area (Å²) < 4.78 is 5.44. The van der Waals surface area contributed by atoms with Gasteiger partial charge in [0.1, 0.15) is 6.04 Å². The second kappa shape index (κ2) is 5.26. The van der Waals surface area contributed by atoms with Crippen molar-refractivity contribution in [1.29, 1.82) is 0 Å². The fourth-order valence-electron chi connectivity index (χ4n) is 2.89. The number of piperidine rings is 1. The van der Waals surface area contributed by atoms with Crippen LogP contribution in [0.4, 0.5) is 0 Å². The molecule has 0 unspecified atom stereocenters. The first-order valence-corrected chi connectivity index (χ1v) is 6.65. The van der Waals surface area contributed by atoms with Gasteiger partial charge in [-0.2, -0.15) is 0 Å². The molecule has 1 N–H and O–H groups in total. The maximum atomic E-state index is 12.3. The third kappa shape index (κ3) is 2.51. The smallest absolute Gasteiger partial charge is 0.326 e. The average molecular weight is 255 g/mol. The minimum atomic E-state index is -0.886. The van der Waals surface area contributed by atoms with Crippen LogP contribution < -0.4 is 0 Å². The fourth-order valence-corrected chi connectivity index (χ4v) is 2.89. The summed E-state index contributed by atoms with van der Waals surface area (Å²) in [5, 5.41) is 9.16. The Morgan fingerprint density at radius 3 is 2.56 bits per heavy atom. The minimum absolute atomic E-state index is 0.0661. The number of carbonyl (C=O) groups is 2. The molecule has 0 aromatic carbocycles. The van der Waals surface area contributed by atoms with Gasteiger partial charge in [-0.25, -0.2) is 4.79 Å². The van der Waals surface area contributed by atoms with Gasteiger partial charge in [-0.05, 0) is 38.5 Å². The molecular formula is C13H21NO4. The van der Waals surface area contributed by atoms with Gasteiger partial charge < -0.3 is 14.7 Å². The van der Waals surface area contributed by atoms with Crippen LogP contribution in [-0.2, 0) is 14.3 Å². The van der Waals surface area contributed by atoms with Crippen molar-refractivity contribution < 1.29 is 19.4 Å². The van der Waals surface area contributed by atoms with E-state index in [4.69, 9.17) is 9.84 Å². The van der Waals surface area contributed by atoms with Crippen molar-refractivity contribution in [2.75, 3.05) is 13.7 Å². The van der Waals surface area contributed by atoms with Gasteiger partial charge in [-0.3, -0.25) is 4.79 Å². The molecule has 1 saturated heterocycles. The van der Waals surface area contributed by atoms with Crippen LogP contribution in [0.1, 0.15) is 44.9 Å². The van der Waals surface area contributed by atoms with E-state index in [2.05, 4.69) is 0 Å². The molecule has 0 radical (unpaired) electrons. The van der Waals surface area contributed by atoms with Gasteiger partial charge in [0.05, 0.1) is 12.0 Å². The van der Waals surface area contributed by atoms with Crippen molar-refractivity contribution in [1.82, 2.24) is 4.90 Å². The van der Waals surface area contributed by atoms with E-state index in [1.165, 1.54) is 4.90 Å². The number of aliphatic carboxylic acids is 1. The molecule has 2 aliphatic rings. The van der Waals surface area contributed by atoms with E-state index in [1.807, 2.05) is 0 Å². The van der Waals surface area contributed by atoms with Crippen molar-refractivity contribution in [3.05, 3.63) is 0 Å². The van der Waals surface area contributed by atoms with Crippen LogP contribution in [0.15, 0.2) is 0 Å². The highest BCUT2D eigenvalue weighted by Gasteiger charge is 2.42. The van der Waals surface area contributed by atoms with Gasteiger partial charge in [-0.1, -0.05) is 0 Å². The Morgan fingerprint density at radius 2 is 2.06 bits per heavy atom. The summed E-state index contributed by atoms with van der Waals surface area (Å²) in [4.78, 5) is 25.0. The van der Waals surface area contributed by atoms with Crippen molar-refractivity contribution in [2.24, 2.45) is 0 Å². The Kier molecular flexibility index (Phi) is 3.90. The van der Waals surface area contributed by atoms with E-state index in [1.54, 1.807) is 7.11 Å². The quantitative estimate of drug-likeness (QED) is 0.824. The molecule has 5 heteroatoms. The summed E-state index contributed by atoms with van der Waals surface area (Å²) >= 11 is 0. The van der Waals surface area contributed by atoms with Crippen LogP contribution in [0.2, 0.25) is 0 Å². The second-order valence-electron chi connectivity index (χ2n) is 5.35. The Balaban J connectivity index is 2.00. The van der Waals surface area contributed by atoms with Gasteiger partial charge in [0.25, 0.3) is 0 Å². The lowest BCUT2D eigenvalue weighted by molar-refractivity contribution is -0.157. The molecule has 1 atom stereocenters. The normalized spacial score (nSPS) is 26.5.